The van der Waals surface area contributed by atoms with Gasteiger partial charge >= 0.3 is 39.3 Å². The lowest BCUT2D eigenvalue weighted by Gasteiger charge is -2.31. The quantitative estimate of drug-likeness (QED) is 0.0123. The lowest BCUT2D eigenvalue weighted by Crippen LogP contribution is -2.51. The van der Waals surface area contributed by atoms with E-state index in [-0.39, 0.29) is 110 Å². The first-order valence-corrected chi connectivity index (χ1v) is 41.5. The third-order valence-corrected chi connectivity index (χ3v) is 23.8. The third-order valence-electron chi connectivity index (χ3n) is 17.5. The molecule has 2 unspecified atom stereocenters. The zero-order chi connectivity index (χ0) is 78.5. The summed E-state index contributed by atoms with van der Waals surface area (Å²) in [6.07, 6.45) is -9.09. The van der Waals surface area contributed by atoms with E-state index in [0.717, 1.165) is 6.92 Å². The van der Waals surface area contributed by atoms with Crippen molar-refractivity contribution in [3.8, 4) is 28.7 Å². The zero-order valence-corrected chi connectivity index (χ0v) is 64.9. The number of alkyl carbamates (subject to hydrolysis) is 2. The number of carbonyl (C=O) groups is 4. The fourth-order valence-corrected chi connectivity index (χ4v) is 17.7. The number of esters is 1. The number of carbonyl (C=O) groups excluding carboxylic acids is 3. The number of sulfonamides is 2. The summed E-state index contributed by atoms with van der Waals surface area (Å²) in [4.78, 5) is 59.8. The second-order valence-electron chi connectivity index (χ2n) is 26.8. The normalized spacial score (nSPS) is 21.1. The summed E-state index contributed by atoms with van der Waals surface area (Å²) in [5, 5.41) is 37.7. The Hall–Kier alpha value is -7.50. The Bertz CT molecular complexity index is 4040. The Morgan fingerprint density at radius 1 is 0.546 bits per heavy atom. The van der Waals surface area contributed by atoms with Gasteiger partial charge in [0.25, 0.3) is 0 Å². The van der Waals surface area contributed by atoms with Gasteiger partial charge in [-0.25, -0.2) is 40.6 Å². The number of para-hydroxylation sites is 1. The molecule has 4 aliphatic rings. The van der Waals surface area contributed by atoms with Gasteiger partial charge in [0.2, 0.25) is 26.4 Å². The van der Waals surface area contributed by atoms with Crippen LogP contribution in [0.3, 0.4) is 0 Å². The Labute approximate surface area is 628 Å². The molecule has 5 aromatic carbocycles. The minimum atomic E-state index is -4.39. The van der Waals surface area contributed by atoms with Crippen molar-refractivity contribution in [2.75, 3.05) is 86.1 Å². The number of carboxylic acid groups (broad SMARTS) is 1. The number of aliphatic hydroxyl groups is 2. The Balaban J connectivity index is 0.000000275. The maximum absolute atomic E-state index is 13.9. The van der Waals surface area contributed by atoms with Crippen LogP contribution in [0.2, 0.25) is 0 Å². The highest BCUT2D eigenvalue weighted by Crippen LogP contribution is 2.50. The van der Waals surface area contributed by atoms with Gasteiger partial charge in [-0.15, -0.1) is 0 Å². The van der Waals surface area contributed by atoms with E-state index in [1.165, 1.54) is 78.3 Å². The molecule has 36 heteroatoms. The van der Waals surface area contributed by atoms with Crippen LogP contribution in [0.25, 0.3) is 0 Å². The van der Waals surface area contributed by atoms with E-state index >= 15 is 0 Å². The predicted octanol–water partition coefficient (Wildman–Crippen LogP) is 8.19. The Morgan fingerprint density at radius 3 is 1.36 bits per heavy atom. The summed E-state index contributed by atoms with van der Waals surface area (Å²) in [5.74, 6) is -0.898. The van der Waals surface area contributed by atoms with Gasteiger partial charge in [0, 0.05) is 26.2 Å². The summed E-state index contributed by atoms with van der Waals surface area (Å²) in [6, 6.07) is 30.8. The van der Waals surface area contributed by atoms with Crippen molar-refractivity contribution in [2.24, 2.45) is 23.7 Å². The van der Waals surface area contributed by atoms with Crippen LogP contribution in [-0.4, -0.2) is 217 Å². The van der Waals surface area contributed by atoms with Gasteiger partial charge in [-0.05, 0) is 154 Å². The maximum Gasteiger partial charge on any atom is 0.417 e. The van der Waals surface area contributed by atoms with Crippen molar-refractivity contribution in [3.63, 3.8) is 0 Å². The van der Waals surface area contributed by atoms with E-state index in [2.05, 4.69) is 15.2 Å². The number of fused-ring (bicyclic) bond motifs is 2. The molecule has 6 N–H and O–H groups in total. The Morgan fingerprint density at radius 2 is 0.963 bits per heavy atom. The predicted molar refractivity (Wildman–Crippen MR) is 388 cm³/mol. The highest BCUT2D eigenvalue weighted by molar-refractivity contribution is 7.89. The van der Waals surface area contributed by atoms with Crippen LogP contribution in [0.15, 0.2) is 137 Å². The highest BCUT2D eigenvalue weighted by Gasteiger charge is 2.46. The zero-order valence-electron chi connectivity index (χ0n) is 61.5. The van der Waals surface area contributed by atoms with Gasteiger partial charge in [0.1, 0.15) is 41.0 Å². The molecule has 0 aliphatic carbocycles. The average molecular weight is 1590 g/mol. The lowest BCUT2D eigenvalue weighted by atomic mass is 10.0. The van der Waals surface area contributed by atoms with Gasteiger partial charge < -0.3 is 87.5 Å². The van der Waals surface area contributed by atoms with E-state index in [4.69, 9.17) is 66.3 Å². The van der Waals surface area contributed by atoms with Gasteiger partial charge in [-0.3, -0.25) is 13.6 Å². The van der Waals surface area contributed by atoms with Gasteiger partial charge in [-0.1, -0.05) is 70.2 Å². The molecule has 0 saturated carbocycles. The third kappa shape index (κ3) is 25.3. The summed E-state index contributed by atoms with van der Waals surface area (Å²) >= 11 is 0. The molecule has 4 aliphatic heterocycles. The molecule has 32 nitrogen and oxygen atoms in total. The summed E-state index contributed by atoms with van der Waals surface area (Å²) in [5.41, 5.74) is 1.22. The monoisotopic (exact) mass is 1590 g/mol. The van der Waals surface area contributed by atoms with E-state index < -0.39 is 133 Å². The number of aliphatic hydroxyl groups excluding tert-OH is 2. The topological polar surface area (TPSA) is 411 Å². The number of nitrogens with zero attached hydrogens (tertiary/aromatic N) is 2. The number of methoxy groups -OCH3 is 2. The molecule has 0 radical (unpaired) electrons. The summed E-state index contributed by atoms with van der Waals surface area (Å²) in [6.45, 7) is 12.5. The first-order chi connectivity index (χ1) is 51.3. The van der Waals surface area contributed by atoms with E-state index in [0.29, 0.717) is 48.7 Å². The number of nitrogens with one attached hydrogen (secondary N) is 2. The van der Waals surface area contributed by atoms with Crippen LogP contribution >= 0.6 is 15.2 Å². The second-order valence-corrected chi connectivity index (χ2v) is 34.3. The van der Waals surface area contributed by atoms with Crippen LogP contribution in [-0.2, 0) is 93.8 Å². The smallest absolute Gasteiger partial charge is 0.417 e. The molecule has 4 saturated heterocycles. The van der Waals surface area contributed by atoms with Crippen molar-refractivity contribution >= 4 is 59.4 Å². The molecule has 9 rings (SSSR count). The molecule has 0 spiro atoms. The van der Waals surface area contributed by atoms with Crippen molar-refractivity contribution < 1.29 is 131 Å². The molecule has 14 atom stereocenters. The van der Waals surface area contributed by atoms with Crippen LogP contribution in [0.5, 0.6) is 28.7 Å². The number of ether oxygens (including phenoxy) is 11. The highest BCUT2D eigenvalue weighted by atomic mass is 32.2. The van der Waals surface area contributed by atoms with Crippen molar-refractivity contribution in [3.05, 3.63) is 139 Å². The number of amides is 2. The molecular formula is C72H98N4O28P2S2. The van der Waals surface area contributed by atoms with E-state index in [1.807, 2.05) is 27.7 Å². The average Bonchev–Trinajstić information content (AvgIpc) is 1.28. The maximum atomic E-state index is 13.9. The minimum Gasteiger partial charge on any atom is -0.497 e. The second kappa shape index (κ2) is 39.9. The first-order valence-electron chi connectivity index (χ1n) is 35.2. The van der Waals surface area contributed by atoms with Crippen LogP contribution in [0, 0.1) is 23.7 Å². The number of hydrogen-bond donors (Lipinski definition) is 6. The van der Waals surface area contributed by atoms with E-state index in [1.54, 1.807) is 85.8 Å². The van der Waals surface area contributed by atoms with Gasteiger partial charge in [0.05, 0.1) is 93.2 Å². The summed E-state index contributed by atoms with van der Waals surface area (Å²) < 4.78 is 160. The molecule has 2 amide bonds. The number of rotatable bonds is 39. The van der Waals surface area contributed by atoms with Crippen LogP contribution in [0.1, 0.15) is 72.4 Å². The molecule has 0 bridgehead atoms. The Kier molecular flexibility index (Phi) is 31.8. The fourth-order valence-electron chi connectivity index (χ4n) is 12.0. The van der Waals surface area contributed by atoms with Crippen LogP contribution < -0.4 is 34.1 Å². The van der Waals surface area contributed by atoms with Crippen molar-refractivity contribution in [2.45, 2.75) is 145 Å². The lowest BCUT2D eigenvalue weighted by molar-refractivity contribution is -0.150. The largest absolute Gasteiger partial charge is 0.497 e. The molecule has 4 fully saturated rings. The molecular weight excluding hydrogens is 1490 g/mol. The summed E-state index contributed by atoms with van der Waals surface area (Å²) in [7, 11) is -13.7. The first kappa shape index (κ1) is 86.1. The molecule has 108 heavy (non-hydrogen) atoms. The fraction of sp³-hybridized carbons (Fsp3) is 0.528. The molecule has 596 valence electrons. The number of hydrogen-bond acceptors (Lipinski definition) is 26. The van der Waals surface area contributed by atoms with Crippen LogP contribution in [0.4, 0.5) is 9.59 Å². The number of aliphatic carboxylic acids is 1. The van der Waals surface area contributed by atoms with Gasteiger partial charge in [0.15, 0.2) is 31.1 Å². The minimum absolute atomic E-state index is 0.00970. The van der Waals surface area contributed by atoms with Crippen molar-refractivity contribution in [1.29, 1.82) is 0 Å². The van der Waals surface area contributed by atoms with Gasteiger partial charge in [-0.2, -0.15) is 8.61 Å². The number of benzene rings is 5. The standard InChI is InChI=1S/C40H53N2O14PS.C32H45N2O14PS/c1-6-50-38(44)28(4)55-57(46,56-32-10-8-7-9-11-32)26-53-31-14-12-29(13-15-31)22-35(41-40(45)54-37-25-52-39-34(37)20-21-51-39)36(43)24-42(23-27(2)3)58(47,48)33-18-16-30(49-5)17-19-33;1-20(2)16-34(50(41,42)25-11-9-23(43-4)10-12-25)17-28(35)27(33-32(38)47-29-18-45-31-26(29)13-14-44-31)15-22-5-7-24(8-6-22)46-19-49(39,40)48-21(3)30(36)37/h7-19,27-28,34-37,39,43H,6,20-26H2,1-5H3,(H,41,45);5-12,20-21,26-29,31,35H,13-19H2,1-4H3,(H,33,38)(H,36,37)(H,39,40)/t28-,34+,35+,36-,37+,39-,57?;21-,26-,27-,28+,29-,31+/m10/s1. The molecule has 0 aromatic heterocycles. The van der Waals surface area contributed by atoms with E-state index in [9.17, 15) is 60.3 Å². The molecule has 5 aromatic rings. The molecule has 4 heterocycles. The van der Waals surface area contributed by atoms with Crippen molar-refractivity contribution in [1.82, 2.24) is 19.2 Å². The SMILES string of the molecule is CCOC(=O)[C@@H](C)OP(=O)(COc1ccc(C[C@H](NC(=O)O[C@H]2CO[C@H]3OCC[C@H]32)[C@H](O)CN(CC(C)C)S(=O)(=O)c2ccc(OC)cc2)cc1)Oc1ccccc1.COc1ccc(S(=O)(=O)N(CC(C)C)C[C@@H](O)[C@H](Cc2ccc(OCP(=O)(O)O[C@@H](C)C(=O)O)cc2)NC(=O)O[C@H]2CO[C@H]3OCC[C@H]32)cc1. The number of carboxylic acids is 1.